The highest BCUT2D eigenvalue weighted by Crippen LogP contribution is 2.54. The van der Waals surface area contributed by atoms with Crippen molar-refractivity contribution < 1.29 is 35.7 Å². The third kappa shape index (κ3) is 3.63. The summed E-state index contributed by atoms with van der Waals surface area (Å²) in [6.07, 6.45) is -6.54. The van der Waals surface area contributed by atoms with E-state index in [1.807, 2.05) is 5.43 Å². The van der Waals surface area contributed by atoms with Gasteiger partial charge in [-0.05, 0) is 18.8 Å². The standard InChI is InChI=1S/C20H19F5N10O2/c1-35-15-8(6-28-35)11(29-9(30-15)4-5-18(21,22)20(23,24)25)14-31-12(26)10-13(32-14)33-16(36)19(10,7-2-3-7)17(37)34-27/h6-7H,2-5,27H2,1H3,(H,34,37)(H3,26,31,32,33,36)/i1D3. The Balaban J connectivity index is 1.67. The molecule has 3 aromatic rings. The van der Waals surface area contributed by atoms with Crippen LogP contribution in [0.15, 0.2) is 6.20 Å². The number of halogens is 5. The number of rotatable bonds is 6. The quantitative estimate of drug-likeness (QED) is 0.120. The third-order valence-electron chi connectivity index (χ3n) is 6.36. The number of nitrogens with zero attached hydrogens (tertiary/aromatic N) is 6. The molecule has 1 unspecified atom stereocenters. The monoisotopic (exact) mass is 529 g/mol. The van der Waals surface area contributed by atoms with Crippen LogP contribution in [0.1, 0.15) is 34.8 Å². The lowest BCUT2D eigenvalue weighted by atomic mass is 9.76. The lowest BCUT2D eigenvalue weighted by Gasteiger charge is -2.25. The summed E-state index contributed by atoms with van der Waals surface area (Å²) in [4.78, 5) is 42.1. The first-order chi connectivity index (χ1) is 18.5. The highest BCUT2D eigenvalue weighted by Gasteiger charge is 2.63. The van der Waals surface area contributed by atoms with E-state index >= 15 is 0 Å². The number of aryl methyl sites for hydroxylation is 2. The summed E-state index contributed by atoms with van der Waals surface area (Å²) in [5, 5.41) is 6.10. The van der Waals surface area contributed by atoms with Gasteiger partial charge < -0.3 is 11.1 Å². The number of carbonyl (C=O) groups excluding carboxylic acids is 2. The number of carbonyl (C=O) groups is 2. The molecule has 2 amide bonds. The first kappa shape index (κ1) is 21.1. The van der Waals surface area contributed by atoms with Gasteiger partial charge in [-0.1, -0.05) is 0 Å². The number of amides is 2. The van der Waals surface area contributed by atoms with Gasteiger partial charge in [0.25, 0.3) is 5.91 Å². The minimum atomic E-state index is -5.83. The number of aromatic nitrogens is 6. The number of nitrogens with two attached hydrogens (primary N) is 2. The van der Waals surface area contributed by atoms with Crippen LogP contribution >= 0.6 is 0 Å². The fourth-order valence-corrected chi connectivity index (χ4v) is 4.45. The third-order valence-corrected chi connectivity index (χ3v) is 6.36. The summed E-state index contributed by atoms with van der Waals surface area (Å²) < 4.78 is 88.9. The molecule has 0 bridgehead atoms. The van der Waals surface area contributed by atoms with Crippen molar-refractivity contribution in [2.75, 3.05) is 11.1 Å². The fourth-order valence-electron chi connectivity index (χ4n) is 4.45. The van der Waals surface area contributed by atoms with E-state index in [2.05, 4.69) is 30.4 Å². The van der Waals surface area contributed by atoms with Gasteiger partial charge in [0, 0.05) is 23.9 Å². The van der Waals surface area contributed by atoms with E-state index in [9.17, 15) is 31.5 Å². The van der Waals surface area contributed by atoms with Crippen LogP contribution in [0.2, 0.25) is 0 Å². The van der Waals surface area contributed by atoms with E-state index < -0.39 is 66.5 Å². The minimum absolute atomic E-state index is 0.0415. The van der Waals surface area contributed by atoms with Gasteiger partial charge >= 0.3 is 12.1 Å². The molecule has 1 aliphatic carbocycles. The van der Waals surface area contributed by atoms with E-state index in [1.54, 1.807) is 0 Å². The first-order valence-electron chi connectivity index (χ1n) is 12.2. The molecule has 1 aliphatic heterocycles. The van der Waals surface area contributed by atoms with Crippen molar-refractivity contribution in [1.82, 2.24) is 35.1 Å². The van der Waals surface area contributed by atoms with Crippen LogP contribution in [0.4, 0.5) is 33.6 Å². The maximum atomic E-state index is 13.6. The number of hydrazine groups is 1. The Bertz CT molecular complexity index is 1560. The predicted octanol–water partition coefficient (Wildman–Crippen LogP) is 1.12. The number of hydrogen-bond acceptors (Lipinski definition) is 9. The van der Waals surface area contributed by atoms with Crippen LogP contribution in [-0.2, 0) is 28.4 Å². The van der Waals surface area contributed by atoms with Crippen LogP contribution in [0.3, 0.4) is 0 Å². The first-order valence-corrected chi connectivity index (χ1v) is 10.7. The van der Waals surface area contributed by atoms with Gasteiger partial charge in [-0.3, -0.25) is 19.7 Å². The van der Waals surface area contributed by atoms with Gasteiger partial charge in [0.15, 0.2) is 16.9 Å². The van der Waals surface area contributed by atoms with Crippen LogP contribution < -0.4 is 22.3 Å². The molecule has 5 rings (SSSR count). The van der Waals surface area contributed by atoms with E-state index in [0.29, 0.717) is 17.5 Å². The van der Waals surface area contributed by atoms with Gasteiger partial charge in [-0.15, -0.1) is 0 Å². The van der Waals surface area contributed by atoms with Crippen LogP contribution in [0.5, 0.6) is 0 Å². The second-order valence-corrected chi connectivity index (χ2v) is 8.65. The molecule has 37 heavy (non-hydrogen) atoms. The smallest absolute Gasteiger partial charge is 0.383 e. The molecule has 12 nitrogen and oxygen atoms in total. The second kappa shape index (κ2) is 7.99. The van der Waals surface area contributed by atoms with Crippen molar-refractivity contribution in [2.24, 2.45) is 18.7 Å². The van der Waals surface area contributed by atoms with E-state index in [1.165, 1.54) is 0 Å². The number of fused-ring (bicyclic) bond motifs is 2. The number of alkyl halides is 5. The van der Waals surface area contributed by atoms with Gasteiger partial charge in [-0.25, -0.2) is 25.8 Å². The van der Waals surface area contributed by atoms with E-state index in [0.717, 1.165) is 6.20 Å². The Morgan fingerprint density at radius 2 is 2.00 bits per heavy atom. The zero-order chi connectivity index (χ0) is 29.4. The summed E-state index contributed by atoms with van der Waals surface area (Å²) >= 11 is 0. The zero-order valence-corrected chi connectivity index (χ0v) is 18.5. The van der Waals surface area contributed by atoms with Gasteiger partial charge in [-0.2, -0.15) is 27.1 Å². The highest BCUT2D eigenvalue weighted by molar-refractivity contribution is 6.21. The van der Waals surface area contributed by atoms with Gasteiger partial charge in [0.05, 0.1) is 17.1 Å². The van der Waals surface area contributed by atoms with E-state index in [4.69, 9.17) is 15.7 Å². The molecule has 2 aliphatic rings. The zero-order valence-electron chi connectivity index (χ0n) is 21.5. The van der Waals surface area contributed by atoms with Crippen molar-refractivity contribution in [2.45, 2.75) is 43.2 Å². The minimum Gasteiger partial charge on any atom is -0.383 e. The molecule has 17 heteroatoms. The molecule has 0 radical (unpaired) electrons. The number of nitrogen functional groups attached to an aromatic ring is 1. The maximum absolute atomic E-state index is 13.6. The predicted molar refractivity (Wildman–Crippen MR) is 116 cm³/mol. The maximum Gasteiger partial charge on any atom is 0.453 e. The second-order valence-electron chi connectivity index (χ2n) is 8.65. The molecule has 3 aromatic heterocycles. The summed E-state index contributed by atoms with van der Waals surface area (Å²) in [5.74, 6) is -3.25. The van der Waals surface area contributed by atoms with Crippen molar-refractivity contribution in [1.29, 1.82) is 0 Å². The Morgan fingerprint density at radius 1 is 1.27 bits per heavy atom. The van der Waals surface area contributed by atoms with Crippen LogP contribution in [0, 0.1) is 5.92 Å². The molecule has 6 N–H and O–H groups in total. The topological polar surface area (TPSA) is 180 Å². The molecule has 196 valence electrons. The van der Waals surface area contributed by atoms with E-state index in [-0.39, 0.29) is 34.1 Å². The van der Waals surface area contributed by atoms with Crippen molar-refractivity contribution in [3.8, 4) is 11.5 Å². The summed E-state index contributed by atoms with van der Waals surface area (Å²) in [5.41, 5.74) is 5.57. The molecular formula is C20H19F5N10O2. The molecule has 0 saturated heterocycles. The average Bonchev–Trinajstić information content (AvgIpc) is 3.52. The summed E-state index contributed by atoms with van der Waals surface area (Å²) in [6.45, 7) is -2.91. The van der Waals surface area contributed by atoms with Crippen LogP contribution in [-0.4, -0.2) is 53.6 Å². The Morgan fingerprint density at radius 3 is 2.62 bits per heavy atom. The Labute approximate surface area is 208 Å². The highest BCUT2D eigenvalue weighted by atomic mass is 19.4. The van der Waals surface area contributed by atoms with Crippen molar-refractivity contribution >= 4 is 34.5 Å². The van der Waals surface area contributed by atoms with Gasteiger partial charge in [0.1, 0.15) is 23.2 Å². The largest absolute Gasteiger partial charge is 0.453 e. The normalized spacial score (nSPS) is 21.2. The number of anilines is 2. The van der Waals surface area contributed by atoms with Gasteiger partial charge in [0.2, 0.25) is 5.91 Å². The molecule has 4 heterocycles. The Kier molecular flexibility index (Phi) is 4.56. The van der Waals surface area contributed by atoms with Crippen LogP contribution in [0.25, 0.3) is 22.6 Å². The number of nitrogens with one attached hydrogen (secondary N) is 2. The average molecular weight is 529 g/mol. The number of hydrogen-bond donors (Lipinski definition) is 4. The van der Waals surface area contributed by atoms with Crippen molar-refractivity contribution in [3.63, 3.8) is 0 Å². The van der Waals surface area contributed by atoms with Crippen molar-refractivity contribution in [3.05, 3.63) is 17.6 Å². The fraction of sp³-hybridized carbons (Fsp3) is 0.450. The molecule has 1 atom stereocenters. The Hall–Kier alpha value is -4.02. The molecular weight excluding hydrogens is 507 g/mol. The molecule has 0 spiro atoms. The molecule has 1 saturated carbocycles. The lowest BCUT2D eigenvalue weighted by Crippen LogP contribution is -2.53. The lowest BCUT2D eigenvalue weighted by molar-refractivity contribution is -0.284. The SMILES string of the molecule is [2H]C([2H])([2H])n1ncc2c(-c3nc(N)c4c(n3)NC(=O)C4(C(=O)NN)C3CC3)nc(CCC(F)(F)C(F)(F)F)nc21. The summed E-state index contributed by atoms with van der Waals surface area (Å²) in [7, 11) is 0. The molecule has 1 fully saturated rings. The summed E-state index contributed by atoms with van der Waals surface area (Å²) in [6, 6.07) is 0. The molecule has 0 aromatic carbocycles.